The van der Waals surface area contributed by atoms with Crippen molar-refractivity contribution in [2.75, 3.05) is 0 Å². The van der Waals surface area contributed by atoms with Crippen LogP contribution in [-0.2, 0) is 0 Å². The van der Waals surface area contributed by atoms with Crippen molar-refractivity contribution >= 4 is 80.9 Å². The van der Waals surface area contributed by atoms with Crippen LogP contribution >= 0.6 is 11.3 Å². The number of fused-ring (bicyclic) bond motifs is 9. The number of para-hydroxylation sites is 4. The summed E-state index contributed by atoms with van der Waals surface area (Å²) in [6.07, 6.45) is 0. The summed E-state index contributed by atoms with van der Waals surface area (Å²) in [5.41, 5.74) is 10.7. The number of benzene rings is 7. The van der Waals surface area contributed by atoms with E-state index in [-0.39, 0.29) is 0 Å². The minimum atomic E-state index is 1.15. The monoisotopic (exact) mass is 579 g/mol. The zero-order valence-electron chi connectivity index (χ0n) is 23.7. The Kier molecular flexibility index (Phi) is 4.87. The van der Waals surface area contributed by atoms with Crippen molar-refractivity contribution in [2.45, 2.75) is 0 Å². The molecule has 44 heavy (non-hydrogen) atoms. The summed E-state index contributed by atoms with van der Waals surface area (Å²) in [5, 5.41) is 5.12. The molecule has 10 aromatic rings. The molecule has 0 N–H and O–H groups in total. The molecule has 10 rings (SSSR count). The Morgan fingerprint density at radius 1 is 0.386 bits per heavy atom. The Morgan fingerprint density at radius 3 is 1.77 bits per heavy atom. The van der Waals surface area contributed by atoms with Crippen LogP contribution in [-0.4, -0.2) is 13.5 Å². The molecule has 7 aromatic carbocycles. The quantitative estimate of drug-likeness (QED) is 0.181. The van der Waals surface area contributed by atoms with Crippen LogP contribution in [0.1, 0.15) is 0 Å². The summed E-state index contributed by atoms with van der Waals surface area (Å²) in [6.45, 7) is 0. The molecular weight excluding hydrogens is 555 g/mol. The van der Waals surface area contributed by atoms with E-state index < -0.39 is 0 Å². The minimum absolute atomic E-state index is 1.15. The lowest BCUT2D eigenvalue weighted by atomic mass is 10.0. The van der Waals surface area contributed by atoms with Gasteiger partial charge in [0.1, 0.15) is 0 Å². The van der Waals surface area contributed by atoms with Gasteiger partial charge in [0.05, 0.1) is 48.0 Å². The fraction of sp³-hybridized carbons (Fsp3) is 0. The molecule has 0 spiro atoms. The molecule has 0 fully saturated rings. The van der Waals surface area contributed by atoms with Crippen molar-refractivity contribution in [2.24, 2.45) is 0 Å². The first-order valence-electron chi connectivity index (χ1n) is 15.0. The first-order valence-corrected chi connectivity index (χ1v) is 15.8. The average Bonchev–Trinajstić information content (AvgIpc) is 3.44. The number of aromatic nitrogens is 3. The number of nitrogens with zero attached hydrogens (tertiary/aromatic N) is 3. The van der Waals surface area contributed by atoms with Gasteiger partial charge in [0.2, 0.25) is 0 Å². The molecule has 3 aromatic heterocycles. The Hall–Kier alpha value is -5.58. The van der Waals surface area contributed by atoms with Crippen LogP contribution in [0.3, 0.4) is 0 Å². The van der Waals surface area contributed by atoms with E-state index in [1.807, 2.05) is 11.3 Å². The maximum Gasteiger partial charge on any atom is 0.0789 e. The molecule has 0 aliphatic rings. The van der Waals surface area contributed by atoms with Gasteiger partial charge in [-0.3, -0.25) is 0 Å². The zero-order valence-corrected chi connectivity index (χ0v) is 24.5. The summed E-state index contributed by atoms with van der Waals surface area (Å²) in [5.74, 6) is 0. The lowest BCUT2D eigenvalue weighted by Gasteiger charge is -2.21. The van der Waals surface area contributed by atoms with Gasteiger partial charge >= 0.3 is 0 Å². The lowest BCUT2D eigenvalue weighted by molar-refractivity contribution is 1.13. The van der Waals surface area contributed by atoms with E-state index in [9.17, 15) is 0 Å². The Labute approximate surface area is 256 Å². The van der Waals surface area contributed by atoms with E-state index in [0.29, 0.717) is 0 Å². The maximum atomic E-state index is 2.51. The Morgan fingerprint density at radius 2 is 1.00 bits per heavy atom. The summed E-state index contributed by atoms with van der Waals surface area (Å²) in [7, 11) is 0. The number of hydrogen-bond donors (Lipinski definition) is 0. The molecule has 0 bridgehead atoms. The van der Waals surface area contributed by atoms with Gasteiger partial charge in [-0.05, 0) is 71.4 Å². The van der Waals surface area contributed by atoms with Gasteiger partial charge in [-0.25, -0.2) is 0 Å². The standard InChI is InChI=1S/C40H25N3S/c1-3-14-27(15-4-1)41-32-21-11-12-22-37(32)44-38-25-34-33(24-35(38)41)42(28-16-5-2-6-17-28)36-23-26-13-7-8-18-29(26)39-30-19-9-10-20-31(30)43(34)40(36)39/h1-25H. The fourth-order valence-corrected chi connectivity index (χ4v) is 8.29. The van der Waals surface area contributed by atoms with Crippen LogP contribution in [0.15, 0.2) is 152 Å². The Bertz CT molecular complexity index is 2760. The molecule has 0 radical (unpaired) electrons. The van der Waals surface area contributed by atoms with E-state index in [4.69, 9.17) is 0 Å². The highest BCUT2D eigenvalue weighted by molar-refractivity contribution is 7.24. The van der Waals surface area contributed by atoms with Crippen LogP contribution in [0.5, 0.6) is 0 Å². The van der Waals surface area contributed by atoms with Crippen LogP contribution in [0.25, 0.3) is 80.9 Å². The summed E-state index contributed by atoms with van der Waals surface area (Å²) in [6, 6.07) is 55.2. The molecule has 206 valence electrons. The van der Waals surface area contributed by atoms with Gasteiger partial charge in [0.25, 0.3) is 0 Å². The van der Waals surface area contributed by atoms with E-state index in [0.717, 1.165) is 11.4 Å². The molecule has 3 nitrogen and oxygen atoms in total. The van der Waals surface area contributed by atoms with Crippen molar-refractivity contribution in [3.63, 3.8) is 0 Å². The number of hydrogen-bond acceptors (Lipinski definition) is 1. The highest BCUT2D eigenvalue weighted by atomic mass is 32.1. The highest BCUT2D eigenvalue weighted by Crippen LogP contribution is 2.43. The fourth-order valence-electron chi connectivity index (χ4n) is 7.22. The van der Waals surface area contributed by atoms with E-state index in [1.54, 1.807) is 0 Å². The van der Waals surface area contributed by atoms with Gasteiger partial charge in [-0.15, -0.1) is 11.3 Å². The van der Waals surface area contributed by atoms with Gasteiger partial charge in [0, 0.05) is 22.1 Å². The number of rotatable bonds is 2. The molecule has 0 aliphatic carbocycles. The molecule has 0 saturated carbocycles. The van der Waals surface area contributed by atoms with Crippen molar-refractivity contribution < 1.29 is 0 Å². The summed E-state index contributed by atoms with van der Waals surface area (Å²) < 4.78 is 9.90. The second kappa shape index (κ2) is 8.96. The Balaban J connectivity index is 1.53. The van der Waals surface area contributed by atoms with Crippen LogP contribution in [0.2, 0.25) is 0 Å². The van der Waals surface area contributed by atoms with E-state index >= 15 is 0 Å². The summed E-state index contributed by atoms with van der Waals surface area (Å²) >= 11 is 1.86. The van der Waals surface area contributed by atoms with Crippen molar-refractivity contribution in [1.29, 1.82) is 0 Å². The third kappa shape index (κ3) is 3.20. The molecule has 0 saturated heterocycles. The third-order valence-corrected chi connectivity index (χ3v) is 10.1. The lowest BCUT2D eigenvalue weighted by Crippen LogP contribution is -2.06. The van der Waals surface area contributed by atoms with Crippen LogP contribution < -0.4 is 0 Å². The predicted octanol–water partition coefficient (Wildman–Crippen LogP) is 11.1. The zero-order chi connectivity index (χ0) is 28.8. The van der Waals surface area contributed by atoms with Crippen LogP contribution in [0.4, 0.5) is 0 Å². The highest BCUT2D eigenvalue weighted by Gasteiger charge is 2.21. The van der Waals surface area contributed by atoms with Gasteiger partial charge in [-0.1, -0.05) is 91.0 Å². The van der Waals surface area contributed by atoms with Gasteiger partial charge in [0.15, 0.2) is 0 Å². The molecule has 0 aliphatic heterocycles. The SMILES string of the molecule is c1ccc(-n2c3ccccc3sc3cc4c(cc32)n(-c2ccccc2)c2cc3ccccc3c3c5ccccc5n4c32)cc1. The molecule has 4 heteroatoms. The molecule has 0 unspecified atom stereocenters. The topological polar surface area (TPSA) is 14.3 Å². The second-order valence-electron chi connectivity index (χ2n) is 11.4. The van der Waals surface area contributed by atoms with E-state index in [1.165, 1.54) is 69.6 Å². The molecule has 3 heterocycles. The van der Waals surface area contributed by atoms with Crippen molar-refractivity contribution in [3.05, 3.63) is 152 Å². The van der Waals surface area contributed by atoms with E-state index in [2.05, 4.69) is 165 Å². The predicted molar refractivity (Wildman–Crippen MR) is 188 cm³/mol. The molecule has 0 atom stereocenters. The smallest absolute Gasteiger partial charge is 0.0789 e. The normalized spacial score (nSPS) is 12.1. The second-order valence-corrected chi connectivity index (χ2v) is 12.5. The average molecular weight is 580 g/mol. The first kappa shape index (κ1) is 23.9. The summed E-state index contributed by atoms with van der Waals surface area (Å²) in [4.78, 5) is 0. The first-order chi connectivity index (χ1) is 21.8. The van der Waals surface area contributed by atoms with Gasteiger partial charge in [-0.2, -0.15) is 0 Å². The van der Waals surface area contributed by atoms with Gasteiger partial charge < -0.3 is 13.5 Å². The van der Waals surface area contributed by atoms with Crippen molar-refractivity contribution in [1.82, 2.24) is 13.5 Å². The minimum Gasteiger partial charge on any atom is -0.308 e. The maximum absolute atomic E-state index is 2.51. The molecular formula is C40H25N3S. The van der Waals surface area contributed by atoms with Crippen LogP contribution in [0, 0.1) is 0 Å². The third-order valence-electron chi connectivity index (χ3n) is 9.01. The largest absolute Gasteiger partial charge is 0.308 e. The van der Waals surface area contributed by atoms with Crippen molar-refractivity contribution in [3.8, 4) is 11.4 Å². The molecule has 0 amide bonds.